The van der Waals surface area contributed by atoms with Crippen molar-refractivity contribution in [2.75, 3.05) is 7.11 Å². The number of nitrogens with zero attached hydrogens (tertiary/aromatic N) is 3. The Labute approximate surface area is 200 Å². The molecule has 0 radical (unpaired) electrons. The number of phenols is 1. The predicted molar refractivity (Wildman–Crippen MR) is 132 cm³/mol. The van der Waals surface area contributed by atoms with Crippen molar-refractivity contribution in [1.82, 2.24) is 4.98 Å². The highest BCUT2D eigenvalue weighted by Crippen LogP contribution is 2.36. The van der Waals surface area contributed by atoms with E-state index in [-0.39, 0.29) is 11.4 Å². The first-order chi connectivity index (χ1) is 15.4. The lowest BCUT2D eigenvalue weighted by atomic mass is 10.2. The molecule has 0 atom stereocenters. The van der Waals surface area contributed by atoms with Gasteiger partial charge >= 0.3 is 0 Å². The summed E-state index contributed by atoms with van der Waals surface area (Å²) < 4.78 is 8.02. The van der Waals surface area contributed by atoms with E-state index < -0.39 is 4.92 Å². The number of benzene rings is 3. The van der Waals surface area contributed by atoms with Crippen LogP contribution in [0, 0.1) is 10.1 Å². The van der Waals surface area contributed by atoms with Crippen LogP contribution < -0.4 is 4.74 Å². The minimum absolute atomic E-state index is 0.0321. The van der Waals surface area contributed by atoms with E-state index in [9.17, 15) is 15.2 Å². The average Bonchev–Trinajstić information content (AvgIpc) is 3.20. The van der Waals surface area contributed by atoms with E-state index in [0.717, 1.165) is 30.3 Å². The molecule has 0 unspecified atom stereocenters. The fourth-order valence-electron chi connectivity index (χ4n) is 2.94. The van der Waals surface area contributed by atoms with Gasteiger partial charge in [0.1, 0.15) is 11.5 Å². The second-order valence-electron chi connectivity index (χ2n) is 6.64. The topological polar surface area (TPSA) is 97.9 Å². The van der Waals surface area contributed by atoms with E-state index >= 15 is 0 Å². The van der Waals surface area contributed by atoms with Crippen LogP contribution in [0.1, 0.15) is 11.1 Å². The third kappa shape index (κ3) is 5.09. The van der Waals surface area contributed by atoms with Crippen molar-refractivity contribution in [2.45, 2.75) is 10.1 Å². The number of phenolic OH excluding ortho intramolecular Hbond substituents is 1. The Balaban J connectivity index is 1.52. The van der Waals surface area contributed by atoms with Gasteiger partial charge in [-0.3, -0.25) is 15.1 Å². The van der Waals surface area contributed by atoms with Crippen LogP contribution in [0.2, 0.25) is 0 Å². The van der Waals surface area contributed by atoms with E-state index in [1.807, 2.05) is 18.2 Å². The largest absolute Gasteiger partial charge is 0.507 e. The molecule has 0 fully saturated rings. The molecule has 0 aliphatic heterocycles. The van der Waals surface area contributed by atoms with Gasteiger partial charge in [-0.2, -0.15) is 0 Å². The molecule has 10 heteroatoms. The Morgan fingerprint density at radius 1 is 1.25 bits per heavy atom. The summed E-state index contributed by atoms with van der Waals surface area (Å²) in [6.07, 6.45) is 1.62. The van der Waals surface area contributed by atoms with Crippen molar-refractivity contribution in [1.29, 1.82) is 0 Å². The number of rotatable bonds is 7. The lowest BCUT2D eigenvalue weighted by Crippen LogP contribution is -1.94. The monoisotopic (exact) mass is 529 g/mol. The first-order valence-electron chi connectivity index (χ1n) is 9.30. The van der Waals surface area contributed by atoms with Gasteiger partial charge in [0.25, 0.3) is 5.69 Å². The third-order valence-corrected chi connectivity index (χ3v) is 7.22. The molecule has 1 heterocycles. The Kier molecular flexibility index (Phi) is 6.73. The molecule has 1 N–H and O–H groups in total. The third-order valence-electron chi connectivity index (χ3n) is 4.52. The van der Waals surface area contributed by atoms with Crippen LogP contribution in [-0.4, -0.2) is 28.3 Å². The summed E-state index contributed by atoms with van der Waals surface area (Å²) >= 11 is 6.41. The summed E-state index contributed by atoms with van der Waals surface area (Å²) in [5, 5.41) is 21.0. The van der Waals surface area contributed by atoms with Crippen LogP contribution in [0.15, 0.2) is 68.4 Å². The lowest BCUT2D eigenvalue weighted by Gasteiger charge is -2.06. The molecule has 32 heavy (non-hydrogen) atoms. The highest BCUT2D eigenvalue weighted by atomic mass is 79.9. The van der Waals surface area contributed by atoms with Gasteiger partial charge in [0.2, 0.25) is 0 Å². The van der Waals surface area contributed by atoms with Crippen LogP contribution >= 0.6 is 39.0 Å². The molecule has 0 bridgehead atoms. The van der Waals surface area contributed by atoms with Crippen LogP contribution in [-0.2, 0) is 5.75 Å². The number of fused-ring (bicyclic) bond motifs is 1. The average molecular weight is 530 g/mol. The van der Waals surface area contributed by atoms with Crippen molar-refractivity contribution < 1.29 is 14.8 Å². The maximum absolute atomic E-state index is 11.1. The van der Waals surface area contributed by atoms with Crippen molar-refractivity contribution in [3.05, 3.63) is 80.3 Å². The maximum atomic E-state index is 11.1. The number of aromatic nitrogens is 1. The summed E-state index contributed by atoms with van der Waals surface area (Å²) in [7, 11) is 1.54. The molecule has 0 amide bonds. The Morgan fingerprint density at radius 3 is 2.88 bits per heavy atom. The number of aromatic hydroxyl groups is 1. The normalized spacial score (nSPS) is 11.3. The predicted octanol–water partition coefficient (Wildman–Crippen LogP) is 6.72. The standard InChI is InChI=1S/C22H16BrN3O4S2/c1-30-20-7-4-17(26(28)29)9-14(20)12-31-22-25-18-5-3-16(10-21(18)32-22)24-11-13-8-15(23)2-6-19(13)27/h2-11,27H,12H2,1H3. The number of nitro groups is 1. The molecule has 0 aliphatic rings. The van der Waals surface area contributed by atoms with Gasteiger partial charge in [-0.15, -0.1) is 11.3 Å². The van der Waals surface area contributed by atoms with Crippen LogP contribution in [0.25, 0.3) is 10.2 Å². The number of hydrogen-bond donors (Lipinski definition) is 1. The molecule has 0 saturated carbocycles. The minimum atomic E-state index is -0.415. The zero-order valence-electron chi connectivity index (χ0n) is 16.7. The number of ether oxygens (including phenoxy) is 1. The van der Waals surface area contributed by atoms with Crippen LogP contribution in [0.5, 0.6) is 11.5 Å². The lowest BCUT2D eigenvalue weighted by molar-refractivity contribution is -0.384. The zero-order chi connectivity index (χ0) is 22.7. The SMILES string of the molecule is COc1ccc([N+](=O)[O-])cc1CSc1nc2ccc(N=Cc3cc(Br)ccc3O)cc2s1. The number of non-ortho nitro benzene ring substituents is 1. The Bertz CT molecular complexity index is 1340. The number of thiazole rings is 1. The van der Waals surface area contributed by atoms with E-state index in [0.29, 0.717) is 17.1 Å². The first kappa shape index (κ1) is 22.3. The molecular weight excluding hydrogens is 514 g/mol. The van der Waals surface area contributed by atoms with E-state index in [1.54, 1.807) is 37.6 Å². The maximum Gasteiger partial charge on any atom is 0.270 e. The fourth-order valence-corrected chi connectivity index (χ4v) is 5.40. The van der Waals surface area contributed by atoms with Crippen molar-refractivity contribution in [3.63, 3.8) is 0 Å². The molecule has 1 aromatic heterocycles. The molecule has 0 aliphatic carbocycles. The molecule has 4 rings (SSSR count). The minimum Gasteiger partial charge on any atom is -0.507 e. The fraction of sp³-hybridized carbons (Fsp3) is 0.0909. The van der Waals surface area contributed by atoms with Gasteiger partial charge in [-0.25, -0.2) is 4.98 Å². The number of methoxy groups -OCH3 is 1. The quantitative estimate of drug-likeness (QED) is 0.123. The number of nitro benzene ring substituents is 1. The summed E-state index contributed by atoms with van der Waals surface area (Å²) in [5.41, 5.74) is 2.99. The smallest absolute Gasteiger partial charge is 0.270 e. The molecular formula is C22H16BrN3O4S2. The first-order valence-corrected chi connectivity index (χ1v) is 11.9. The van der Waals surface area contributed by atoms with Gasteiger partial charge in [-0.1, -0.05) is 27.7 Å². The second-order valence-corrected chi connectivity index (χ2v) is 9.80. The molecule has 4 aromatic rings. The number of thioether (sulfide) groups is 1. The van der Waals surface area contributed by atoms with Gasteiger partial charge < -0.3 is 9.84 Å². The molecule has 0 spiro atoms. The van der Waals surface area contributed by atoms with Crippen LogP contribution in [0.4, 0.5) is 11.4 Å². The summed E-state index contributed by atoms with van der Waals surface area (Å²) in [6.45, 7) is 0. The molecule has 162 valence electrons. The Morgan fingerprint density at radius 2 is 2.09 bits per heavy atom. The van der Waals surface area contributed by atoms with Gasteiger partial charge in [-0.05, 0) is 42.5 Å². The van der Waals surface area contributed by atoms with Gasteiger partial charge in [0.15, 0.2) is 4.34 Å². The van der Waals surface area contributed by atoms with Crippen molar-refractivity contribution in [2.24, 2.45) is 4.99 Å². The van der Waals surface area contributed by atoms with E-state index in [2.05, 4.69) is 25.9 Å². The summed E-state index contributed by atoms with van der Waals surface area (Å²) in [5.74, 6) is 1.26. The highest BCUT2D eigenvalue weighted by molar-refractivity contribution is 9.10. The van der Waals surface area contributed by atoms with E-state index in [4.69, 9.17) is 4.74 Å². The highest BCUT2D eigenvalue weighted by Gasteiger charge is 2.13. The number of halogens is 1. The van der Waals surface area contributed by atoms with Gasteiger partial charge in [0.05, 0.1) is 27.9 Å². The van der Waals surface area contributed by atoms with Crippen molar-refractivity contribution in [3.8, 4) is 11.5 Å². The number of hydrogen-bond acceptors (Lipinski definition) is 8. The van der Waals surface area contributed by atoms with Gasteiger partial charge in [0, 0.05) is 39.7 Å². The zero-order valence-corrected chi connectivity index (χ0v) is 19.9. The summed E-state index contributed by atoms with van der Waals surface area (Å²) in [6, 6.07) is 15.4. The molecule has 0 saturated heterocycles. The van der Waals surface area contributed by atoms with Crippen molar-refractivity contribution >= 4 is 66.8 Å². The second kappa shape index (κ2) is 9.68. The molecule has 7 nitrogen and oxygen atoms in total. The van der Waals surface area contributed by atoms with E-state index in [1.165, 1.54) is 35.2 Å². The Hall–Kier alpha value is -2.95. The molecule has 3 aromatic carbocycles. The van der Waals surface area contributed by atoms with Crippen LogP contribution in [0.3, 0.4) is 0 Å². The summed E-state index contributed by atoms with van der Waals surface area (Å²) in [4.78, 5) is 19.8. The number of aliphatic imine (C=N–C) groups is 1.